The highest BCUT2D eigenvalue weighted by atomic mass is 35.5. The van der Waals surface area contributed by atoms with E-state index in [1.54, 1.807) is 4.68 Å². The fourth-order valence-electron chi connectivity index (χ4n) is 2.07. The molecule has 0 amide bonds. The molecule has 0 saturated heterocycles. The zero-order valence-corrected chi connectivity index (χ0v) is 11.6. The van der Waals surface area contributed by atoms with Crippen LogP contribution in [0.15, 0.2) is 24.3 Å². The molecule has 1 aromatic carbocycles. The topological polar surface area (TPSA) is 38.1 Å². The number of aliphatic hydroxyl groups is 1. The highest BCUT2D eigenvalue weighted by Crippen LogP contribution is 2.26. The van der Waals surface area contributed by atoms with Crippen LogP contribution in [0.5, 0.6) is 0 Å². The first kappa shape index (κ1) is 13.1. The molecule has 1 unspecified atom stereocenters. The van der Waals surface area contributed by atoms with Crippen molar-refractivity contribution in [2.24, 2.45) is 7.05 Å². The van der Waals surface area contributed by atoms with E-state index < -0.39 is 6.10 Å². The lowest BCUT2D eigenvalue weighted by atomic mass is 10.0. The van der Waals surface area contributed by atoms with E-state index in [0.29, 0.717) is 11.4 Å². The lowest BCUT2D eigenvalue weighted by molar-refractivity contribution is 0.176. The van der Waals surface area contributed by atoms with E-state index in [1.807, 2.05) is 45.2 Å². The third-order valence-electron chi connectivity index (χ3n) is 3.02. The van der Waals surface area contributed by atoms with Gasteiger partial charge < -0.3 is 5.11 Å². The molecule has 0 aliphatic rings. The van der Waals surface area contributed by atoms with Gasteiger partial charge in [-0.15, -0.1) is 0 Å². The van der Waals surface area contributed by atoms with Crippen molar-refractivity contribution < 1.29 is 5.11 Å². The monoisotopic (exact) mass is 264 g/mol. The van der Waals surface area contributed by atoms with Gasteiger partial charge in [0.2, 0.25) is 0 Å². The van der Waals surface area contributed by atoms with Crippen LogP contribution in [0.2, 0.25) is 5.02 Å². The molecule has 2 aromatic rings. The molecule has 96 valence electrons. The summed E-state index contributed by atoms with van der Waals surface area (Å²) < 4.78 is 1.79. The van der Waals surface area contributed by atoms with Crippen LogP contribution in [-0.4, -0.2) is 14.9 Å². The van der Waals surface area contributed by atoms with E-state index in [2.05, 4.69) is 5.10 Å². The lowest BCUT2D eigenvalue weighted by Crippen LogP contribution is -2.07. The molecule has 0 radical (unpaired) electrons. The minimum atomic E-state index is -0.604. The molecule has 0 bridgehead atoms. The molecule has 0 fully saturated rings. The van der Waals surface area contributed by atoms with E-state index in [4.69, 9.17) is 11.6 Å². The maximum atomic E-state index is 10.3. The maximum Gasteiger partial charge on any atom is 0.0859 e. The summed E-state index contributed by atoms with van der Waals surface area (Å²) in [5.74, 6) is 0. The van der Waals surface area contributed by atoms with Gasteiger partial charge in [0, 0.05) is 24.2 Å². The Balaban J connectivity index is 2.21. The number of nitrogens with zero attached hydrogens (tertiary/aromatic N) is 2. The highest BCUT2D eigenvalue weighted by molar-refractivity contribution is 6.31. The summed E-state index contributed by atoms with van der Waals surface area (Å²) in [6.45, 7) is 3.92. The van der Waals surface area contributed by atoms with Crippen LogP contribution in [0.4, 0.5) is 0 Å². The second kappa shape index (κ2) is 5.12. The van der Waals surface area contributed by atoms with Crippen LogP contribution in [-0.2, 0) is 13.5 Å². The van der Waals surface area contributed by atoms with Gasteiger partial charge in [0.1, 0.15) is 0 Å². The van der Waals surface area contributed by atoms with E-state index >= 15 is 0 Å². The van der Waals surface area contributed by atoms with Crippen LogP contribution < -0.4 is 0 Å². The third kappa shape index (κ3) is 2.74. The molecule has 18 heavy (non-hydrogen) atoms. The molecular weight excluding hydrogens is 248 g/mol. The molecule has 1 atom stereocenters. The van der Waals surface area contributed by atoms with Crippen LogP contribution >= 0.6 is 11.6 Å². The van der Waals surface area contributed by atoms with Crippen molar-refractivity contribution in [1.29, 1.82) is 0 Å². The highest BCUT2D eigenvalue weighted by Gasteiger charge is 2.14. The second-order valence-electron chi connectivity index (χ2n) is 4.65. The number of halogens is 1. The predicted octanol–water partition coefficient (Wildman–Crippen LogP) is 2.97. The Morgan fingerprint density at radius 2 is 2.06 bits per heavy atom. The van der Waals surface area contributed by atoms with Crippen molar-refractivity contribution in [2.75, 3.05) is 0 Å². The summed E-state index contributed by atoms with van der Waals surface area (Å²) in [5.41, 5.74) is 3.81. The zero-order chi connectivity index (χ0) is 13.3. The van der Waals surface area contributed by atoms with Crippen molar-refractivity contribution in [3.63, 3.8) is 0 Å². The van der Waals surface area contributed by atoms with Gasteiger partial charge in [-0.2, -0.15) is 5.10 Å². The van der Waals surface area contributed by atoms with E-state index in [-0.39, 0.29) is 0 Å². The summed E-state index contributed by atoms with van der Waals surface area (Å²) in [4.78, 5) is 0. The van der Waals surface area contributed by atoms with Crippen LogP contribution in [0.25, 0.3) is 0 Å². The average Bonchev–Trinajstić information content (AvgIpc) is 2.57. The van der Waals surface area contributed by atoms with Crippen molar-refractivity contribution in [1.82, 2.24) is 9.78 Å². The fraction of sp³-hybridized carbons (Fsp3) is 0.357. The fourth-order valence-corrected chi connectivity index (χ4v) is 2.43. The molecule has 1 N–H and O–H groups in total. The third-order valence-corrected chi connectivity index (χ3v) is 3.34. The Morgan fingerprint density at radius 3 is 2.61 bits per heavy atom. The molecule has 0 spiro atoms. The van der Waals surface area contributed by atoms with E-state index in [0.717, 1.165) is 22.5 Å². The lowest BCUT2D eigenvalue weighted by Gasteiger charge is -2.13. The molecule has 2 rings (SSSR count). The Hall–Kier alpha value is -1.32. The van der Waals surface area contributed by atoms with Gasteiger partial charge in [-0.1, -0.05) is 23.7 Å². The van der Waals surface area contributed by atoms with Gasteiger partial charge in [-0.05, 0) is 37.1 Å². The van der Waals surface area contributed by atoms with Crippen molar-refractivity contribution >= 4 is 11.6 Å². The van der Waals surface area contributed by atoms with Crippen LogP contribution in [0.3, 0.4) is 0 Å². The molecule has 0 aliphatic carbocycles. The van der Waals surface area contributed by atoms with Crippen molar-refractivity contribution in [3.8, 4) is 0 Å². The first-order valence-corrected chi connectivity index (χ1v) is 6.29. The quantitative estimate of drug-likeness (QED) is 0.926. The van der Waals surface area contributed by atoms with Gasteiger partial charge in [-0.3, -0.25) is 4.68 Å². The molecule has 3 nitrogen and oxygen atoms in total. The Bertz CT molecular complexity index is 563. The first-order valence-electron chi connectivity index (χ1n) is 5.91. The van der Waals surface area contributed by atoms with Crippen LogP contribution in [0.1, 0.15) is 28.6 Å². The normalized spacial score (nSPS) is 12.7. The molecule has 1 aromatic heterocycles. The Kier molecular flexibility index (Phi) is 3.73. The maximum absolute atomic E-state index is 10.3. The largest absolute Gasteiger partial charge is 0.388 e. The molecule has 0 saturated carbocycles. The average molecular weight is 265 g/mol. The van der Waals surface area contributed by atoms with Gasteiger partial charge in [0.05, 0.1) is 11.8 Å². The second-order valence-corrected chi connectivity index (χ2v) is 5.05. The number of aliphatic hydroxyl groups excluding tert-OH is 1. The van der Waals surface area contributed by atoms with Crippen molar-refractivity contribution in [2.45, 2.75) is 26.4 Å². The number of rotatable bonds is 3. The summed E-state index contributed by atoms with van der Waals surface area (Å²) in [6, 6.07) is 7.68. The number of aromatic nitrogens is 2. The number of hydrogen-bond acceptors (Lipinski definition) is 2. The minimum Gasteiger partial charge on any atom is -0.388 e. The summed E-state index contributed by atoms with van der Waals surface area (Å²) in [7, 11) is 1.88. The van der Waals surface area contributed by atoms with Crippen LogP contribution in [0, 0.1) is 13.8 Å². The SMILES string of the molecule is Cc1ccc(C(O)Cc2cc(C)nn2C)c(Cl)c1. The first-order chi connectivity index (χ1) is 8.47. The molecule has 0 aliphatic heterocycles. The predicted molar refractivity (Wildman–Crippen MR) is 72.8 cm³/mol. The number of aryl methyl sites for hydroxylation is 3. The van der Waals surface area contributed by atoms with Gasteiger partial charge in [0.15, 0.2) is 0 Å². The molecule has 4 heteroatoms. The van der Waals surface area contributed by atoms with E-state index in [9.17, 15) is 5.11 Å². The van der Waals surface area contributed by atoms with Gasteiger partial charge >= 0.3 is 0 Å². The Morgan fingerprint density at radius 1 is 1.33 bits per heavy atom. The molecular formula is C14H17ClN2O. The standard InChI is InChI=1S/C14H17ClN2O/c1-9-4-5-12(13(15)6-9)14(18)8-11-7-10(2)16-17(11)3/h4-7,14,18H,8H2,1-3H3. The summed E-state index contributed by atoms with van der Waals surface area (Å²) in [5, 5.41) is 15.1. The Labute approximate surface area is 112 Å². The summed E-state index contributed by atoms with van der Waals surface area (Å²) in [6.07, 6.45) is -0.0898. The van der Waals surface area contributed by atoms with Gasteiger partial charge in [0.25, 0.3) is 0 Å². The van der Waals surface area contributed by atoms with E-state index in [1.165, 1.54) is 0 Å². The number of hydrogen-bond donors (Lipinski definition) is 1. The van der Waals surface area contributed by atoms with Gasteiger partial charge in [-0.25, -0.2) is 0 Å². The zero-order valence-electron chi connectivity index (χ0n) is 10.8. The summed E-state index contributed by atoms with van der Waals surface area (Å²) >= 11 is 6.15. The number of benzene rings is 1. The minimum absolute atomic E-state index is 0.514. The molecule has 1 heterocycles. The van der Waals surface area contributed by atoms with Crippen molar-refractivity contribution in [3.05, 3.63) is 51.8 Å². The smallest absolute Gasteiger partial charge is 0.0859 e.